The average Bonchev–Trinajstić information content (AvgIpc) is 1.74. The van der Waals surface area contributed by atoms with Crippen molar-refractivity contribution in [1.82, 2.24) is 16.0 Å². The maximum absolute atomic E-state index is 13.3. The predicted octanol–water partition coefficient (Wildman–Crippen LogP) is 12.2. The fraction of sp³-hybridized carbons (Fsp3) is 0.400. The van der Waals surface area contributed by atoms with Crippen molar-refractivity contribution in [1.29, 1.82) is 0 Å². The number of aliphatic carboxylic acids is 1. The van der Waals surface area contributed by atoms with E-state index in [1.54, 1.807) is 57.2 Å². The number of esters is 2. The highest BCUT2D eigenvalue weighted by Gasteiger charge is 2.49. The molecule has 0 saturated carbocycles. The highest BCUT2D eigenvalue weighted by atomic mass is 79.9. The second-order valence-electron chi connectivity index (χ2n) is 22.5. The summed E-state index contributed by atoms with van der Waals surface area (Å²) in [6.45, 7) is 21.8. The first kappa shape index (κ1) is 67.2. The number of hydrogen-bond acceptors (Lipinski definition) is 11. The molecule has 0 fully saturated rings. The van der Waals surface area contributed by atoms with Gasteiger partial charge >= 0.3 is 17.9 Å². The van der Waals surface area contributed by atoms with Crippen LogP contribution < -0.4 is 25.4 Å². The Morgan fingerprint density at radius 1 is 0.453 bits per heavy atom. The van der Waals surface area contributed by atoms with Gasteiger partial charge < -0.3 is 45.1 Å². The Labute approximate surface area is 515 Å². The number of alkyl halides is 1. The standard InChI is InChI=1S/C24H29NO4.C22H25NO4.C20H21NO4.C4H9Br/c1-5-17(4)29-21-16(3)10-9-13-20(21)22(26)25-24(23(27)28-6-2)14-18-11-7-8-12-19(18)15-24;1-4-15(3)27-19-14(2)8-7-11-18(19)20(24)23-22(21(25)26)12-16-9-5-6-10-17(16)13-22;1-3-25-19(24)20(11-14-8-4-5-9-15(14)12-20)21-18(23)16-10-6-7-13(2)17(16)22;1-3-4(2)5/h7-13,17H,5-6,14-15H2,1-4H3,(H,25,26);5-11,15H,4,12-13H2,1-3H3,(H,23,24)(H,25,26);4-10,22H,3,11-12H2,1-2H3,(H,21,23);4H,3H2,1-2H3. The van der Waals surface area contributed by atoms with Crippen molar-refractivity contribution in [3.63, 3.8) is 0 Å². The molecule has 3 aliphatic rings. The minimum Gasteiger partial charge on any atom is -0.507 e. The maximum Gasteiger partial charge on any atom is 0.332 e. The molecule has 0 heterocycles. The van der Waals surface area contributed by atoms with Gasteiger partial charge in [0.15, 0.2) is 0 Å². The lowest BCUT2D eigenvalue weighted by Gasteiger charge is -2.28. The number of fused-ring (bicyclic) bond motifs is 3. The van der Waals surface area contributed by atoms with Crippen molar-refractivity contribution in [2.75, 3.05) is 13.2 Å². The van der Waals surface area contributed by atoms with Crippen molar-refractivity contribution >= 4 is 51.6 Å². The van der Waals surface area contributed by atoms with Crippen molar-refractivity contribution < 1.29 is 57.9 Å². The molecule has 6 aromatic carbocycles. The second-order valence-corrected chi connectivity index (χ2v) is 24.0. The lowest BCUT2D eigenvalue weighted by Crippen LogP contribution is -2.56. The van der Waals surface area contributed by atoms with Crippen molar-refractivity contribution in [2.24, 2.45) is 0 Å². The molecule has 0 bridgehead atoms. The number of hydrogen-bond donors (Lipinski definition) is 5. The molecule has 458 valence electrons. The zero-order valence-corrected chi connectivity index (χ0v) is 53.1. The smallest absolute Gasteiger partial charge is 0.332 e. The Balaban J connectivity index is 0.000000199. The number of ether oxygens (including phenoxy) is 4. The SMILES string of the molecule is CCC(C)Br.CCC(C)Oc1c(C)cccc1C(=O)NC1(C(=O)O)Cc2ccccc2C1.CCOC(=O)C1(NC(=O)c2cccc(C)c2O)Cc2ccccc2C1.CCOC(=O)C1(NC(=O)c2cccc(C)c2OC(C)CC)Cc2ccccc2C1. The van der Waals surface area contributed by atoms with Crippen LogP contribution in [-0.2, 0) is 62.4 Å². The summed E-state index contributed by atoms with van der Waals surface area (Å²) in [5.74, 6) is -2.11. The van der Waals surface area contributed by atoms with Gasteiger partial charge in [-0.2, -0.15) is 0 Å². The number of phenolic OH excluding ortho intramolecular Hbond substituents is 1. The Bertz CT molecular complexity index is 3300. The van der Waals surface area contributed by atoms with Gasteiger partial charge in [0.1, 0.15) is 33.9 Å². The van der Waals surface area contributed by atoms with Gasteiger partial charge in [0.2, 0.25) is 0 Å². The van der Waals surface area contributed by atoms with Crippen LogP contribution in [0, 0.1) is 20.8 Å². The van der Waals surface area contributed by atoms with E-state index in [4.69, 9.17) is 18.9 Å². The lowest BCUT2D eigenvalue weighted by atomic mass is 9.94. The molecule has 3 amide bonds. The van der Waals surface area contributed by atoms with Crippen LogP contribution in [0.5, 0.6) is 17.2 Å². The van der Waals surface area contributed by atoms with Crippen LogP contribution in [-0.4, -0.2) is 92.7 Å². The number of carbonyl (C=O) groups is 6. The number of phenols is 1. The summed E-state index contributed by atoms with van der Waals surface area (Å²) in [5, 5.41) is 28.7. The second kappa shape index (κ2) is 30.4. The average molecular weight is 1240 g/mol. The van der Waals surface area contributed by atoms with Gasteiger partial charge in [-0.1, -0.05) is 153 Å². The van der Waals surface area contributed by atoms with Crippen LogP contribution in [0.25, 0.3) is 0 Å². The summed E-state index contributed by atoms with van der Waals surface area (Å²) in [7, 11) is 0. The van der Waals surface area contributed by atoms with Gasteiger partial charge in [-0.3, -0.25) is 14.4 Å². The Hall–Kier alpha value is -7.98. The predicted molar refractivity (Wildman–Crippen MR) is 338 cm³/mol. The molecule has 15 nitrogen and oxygen atoms in total. The lowest BCUT2D eigenvalue weighted by molar-refractivity contribution is -0.151. The number of para-hydroxylation sites is 3. The first-order valence-electron chi connectivity index (χ1n) is 29.7. The van der Waals surface area contributed by atoms with Gasteiger partial charge in [0.05, 0.1) is 42.1 Å². The van der Waals surface area contributed by atoms with Gasteiger partial charge in [-0.15, -0.1) is 0 Å². The van der Waals surface area contributed by atoms with Crippen LogP contribution >= 0.6 is 15.9 Å². The number of benzene rings is 6. The van der Waals surface area contributed by atoms with E-state index in [1.165, 1.54) is 6.42 Å². The molecule has 3 unspecified atom stereocenters. The Morgan fingerprint density at radius 2 is 0.744 bits per heavy atom. The van der Waals surface area contributed by atoms with E-state index in [-0.39, 0.29) is 55.5 Å². The molecule has 5 N–H and O–H groups in total. The molecule has 3 atom stereocenters. The third-order valence-electron chi connectivity index (χ3n) is 15.9. The topological polar surface area (TPSA) is 216 Å². The number of carboxylic acid groups (broad SMARTS) is 1. The zero-order valence-electron chi connectivity index (χ0n) is 51.5. The minimum atomic E-state index is -1.34. The Morgan fingerprint density at radius 3 is 1.05 bits per heavy atom. The van der Waals surface area contributed by atoms with Crippen LogP contribution in [0.1, 0.15) is 156 Å². The molecular formula is C70H84BrN3O12. The minimum absolute atomic E-state index is 0.0163. The summed E-state index contributed by atoms with van der Waals surface area (Å²) in [5.41, 5.74) is 5.78. The molecular weight excluding hydrogens is 1150 g/mol. The summed E-state index contributed by atoms with van der Waals surface area (Å²) < 4.78 is 22.6. The number of rotatable bonds is 18. The largest absolute Gasteiger partial charge is 0.507 e. The van der Waals surface area contributed by atoms with Gasteiger partial charge in [0, 0.05) is 43.4 Å². The number of nitrogens with one attached hydrogen (secondary N) is 3. The molecule has 6 aromatic rings. The number of amides is 3. The van der Waals surface area contributed by atoms with Gasteiger partial charge in [-0.05, 0) is 136 Å². The fourth-order valence-electron chi connectivity index (χ4n) is 10.5. The molecule has 0 spiro atoms. The molecule has 0 aromatic heterocycles. The molecule has 3 aliphatic carbocycles. The maximum atomic E-state index is 13.3. The highest BCUT2D eigenvalue weighted by Crippen LogP contribution is 2.36. The summed E-state index contributed by atoms with van der Waals surface area (Å²) in [4.78, 5) is 77.5. The number of carboxylic acids is 1. The molecule has 0 radical (unpaired) electrons. The van der Waals surface area contributed by atoms with Crippen LogP contribution in [0.4, 0.5) is 0 Å². The Kier molecular flexibility index (Phi) is 23.7. The first-order valence-corrected chi connectivity index (χ1v) is 30.6. The molecule has 16 heteroatoms. The van der Waals surface area contributed by atoms with E-state index < -0.39 is 46.3 Å². The molecule has 0 aliphatic heterocycles. The molecule has 86 heavy (non-hydrogen) atoms. The fourth-order valence-corrected chi connectivity index (χ4v) is 10.5. The zero-order chi connectivity index (χ0) is 62.9. The number of carbonyl (C=O) groups excluding carboxylic acids is 5. The number of aryl methyl sites for hydroxylation is 3. The highest BCUT2D eigenvalue weighted by molar-refractivity contribution is 9.09. The summed E-state index contributed by atoms with van der Waals surface area (Å²) in [6, 6.07) is 39.0. The third-order valence-corrected chi connectivity index (χ3v) is 16.5. The first-order chi connectivity index (χ1) is 41.0. The third kappa shape index (κ3) is 16.3. The monoisotopic (exact) mass is 1240 g/mol. The van der Waals surface area contributed by atoms with Gasteiger partial charge in [0.25, 0.3) is 17.7 Å². The number of aromatic hydroxyl groups is 1. The van der Waals surface area contributed by atoms with Crippen LogP contribution in [0.15, 0.2) is 127 Å². The molecule has 0 saturated heterocycles. The quantitative estimate of drug-likeness (QED) is 0.0401. The number of halogens is 1. The van der Waals surface area contributed by atoms with E-state index in [2.05, 4.69) is 45.7 Å². The van der Waals surface area contributed by atoms with Crippen molar-refractivity contribution in [2.45, 2.75) is 168 Å². The van der Waals surface area contributed by atoms with Crippen molar-refractivity contribution in [3.8, 4) is 17.2 Å². The van der Waals surface area contributed by atoms with E-state index in [0.717, 1.165) is 57.3 Å². The van der Waals surface area contributed by atoms with Crippen LogP contribution in [0.2, 0.25) is 0 Å². The normalized spacial score (nSPS) is 15.2. The summed E-state index contributed by atoms with van der Waals surface area (Å²) in [6.07, 6.45) is 4.94. The van der Waals surface area contributed by atoms with Crippen LogP contribution in [0.3, 0.4) is 0 Å². The summed E-state index contributed by atoms with van der Waals surface area (Å²) >= 11 is 3.37. The molecule has 9 rings (SSSR count). The van der Waals surface area contributed by atoms with Gasteiger partial charge in [-0.25, -0.2) is 14.4 Å². The van der Waals surface area contributed by atoms with E-state index in [9.17, 15) is 39.0 Å². The van der Waals surface area contributed by atoms with E-state index in [0.29, 0.717) is 58.7 Å². The van der Waals surface area contributed by atoms with Crippen molar-refractivity contribution in [3.05, 3.63) is 194 Å². The van der Waals surface area contributed by atoms with E-state index >= 15 is 0 Å². The van der Waals surface area contributed by atoms with E-state index in [1.807, 2.05) is 133 Å².